The zero-order valence-corrected chi connectivity index (χ0v) is 16.4. The largest absolute Gasteiger partial charge is 0.481 e. The van der Waals surface area contributed by atoms with Crippen LogP contribution >= 0.6 is 0 Å². The molecule has 150 valence electrons. The fourth-order valence-corrected chi connectivity index (χ4v) is 3.95. The lowest BCUT2D eigenvalue weighted by Gasteiger charge is -2.09. The van der Waals surface area contributed by atoms with Gasteiger partial charge in [-0.15, -0.1) is 0 Å². The summed E-state index contributed by atoms with van der Waals surface area (Å²) in [6.45, 7) is 2.51. The van der Waals surface area contributed by atoms with Gasteiger partial charge in [-0.2, -0.15) is 15.1 Å². The van der Waals surface area contributed by atoms with Crippen molar-refractivity contribution in [3.8, 4) is 5.88 Å². The molecule has 11 heteroatoms. The maximum atomic E-state index is 13.2. The van der Waals surface area contributed by atoms with Crippen LogP contribution < -0.4 is 10.1 Å². The molecule has 0 radical (unpaired) electrons. The first-order valence-electron chi connectivity index (χ1n) is 8.66. The van der Waals surface area contributed by atoms with Crippen LogP contribution in [0.5, 0.6) is 5.88 Å². The first kappa shape index (κ1) is 18.9. The predicted octanol–water partition coefficient (Wildman–Crippen LogP) is 2.90. The van der Waals surface area contributed by atoms with E-state index in [0.29, 0.717) is 29.3 Å². The summed E-state index contributed by atoms with van der Waals surface area (Å²) in [5.74, 6) is 0.575. The van der Waals surface area contributed by atoms with Crippen molar-refractivity contribution >= 4 is 32.5 Å². The van der Waals surface area contributed by atoms with Crippen molar-refractivity contribution in [3.63, 3.8) is 0 Å². The van der Waals surface area contributed by atoms with Crippen molar-refractivity contribution in [2.24, 2.45) is 0 Å². The molecule has 0 aliphatic heterocycles. The summed E-state index contributed by atoms with van der Waals surface area (Å²) in [7, 11) is -2.56. The molecule has 0 saturated carbocycles. The van der Waals surface area contributed by atoms with Gasteiger partial charge in [-0.1, -0.05) is 0 Å². The number of benzene rings is 1. The highest BCUT2D eigenvalue weighted by molar-refractivity contribution is 7.91. The topological polar surface area (TPSA) is 115 Å². The standard InChI is InChI=1S/C18H17FN6O3S/c1-3-25-9-8-13-16(20-14-10-15(28-2)24-23-14)21-18(22-17(13)25)29(26,27)12-6-4-11(19)5-7-12/h4-10H,3H2,1-2H3,(H2,20,21,22,23,24). The monoisotopic (exact) mass is 416 g/mol. The Morgan fingerprint density at radius 3 is 2.62 bits per heavy atom. The average molecular weight is 416 g/mol. The summed E-state index contributed by atoms with van der Waals surface area (Å²) in [4.78, 5) is 8.42. The SMILES string of the molecule is CCn1ccc2c(Nc3cc(OC)[nH]n3)nc(S(=O)(=O)c3ccc(F)cc3)nc21. The highest BCUT2D eigenvalue weighted by Gasteiger charge is 2.24. The van der Waals surface area contributed by atoms with Crippen LogP contribution in [-0.2, 0) is 16.4 Å². The van der Waals surface area contributed by atoms with Crippen LogP contribution in [0.1, 0.15) is 6.92 Å². The molecule has 0 amide bonds. The number of sulfone groups is 1. The second-order valence-electron chi connectivity index (χ2n) is 6.10. The third-order valence-corrected chi connectivity index (χ3v) is 5.88. The molecule has 29 heavy (non-hydrogen) atoms. The number of halogens is 1. The van der Waals surface area contributed by atoms with Gasteiger partial charge in [0.05, 0.1) is 17.4 Å². The Morgan fingerprint density at radius 2 is 1.97 bits per heavy atom. The van der Waals surface area contributed by atoms with Gasteiger partial charge in [0.1, 0.15) is 17.3 Å². The molecular formula is C18H17FN6O3S. The van der Waals surface area contributed by atoms with Crippen LogP contribution in [0, 0.1) is 5.82 Å². The molecule has 4 rings (SSSR count). The fraction of sp³-hybridized carbons (Fsp3) is 0.167. The third-order valence-electron chi connectivity index (χ3n) is 4.32. The average Bonchev–Trinajstić information content (AvgIpc) is 3.34. The fourth-order valence-electron chi connectivity index (χ4n) is 2.83. The zero-order chi connectivity index (χ0) is 20.6. The zero-order valence-electron chi connectivity index (χ0n) is 15.5. The van der Waals surface area contributed by atoms with Gasteiger partial charge in [0.2, 0.25) is 15.7 Å². The van der Waals surface area contributed by atoms with E-state index in [9.17, 15) is 12.8 Å². The molecule has 1 aromatic carbocycles. The van der Waals surface area contributed by atoms with Crippen LogP contribution in [0.15, 0.2) is 52.6 Å². The molecule has 0 spiro atoms. The summed E-state index contributed by atoms with van der Waals surface area (Å²) in [6, 6.07) is 7.93. The van der Waals surface area contributed by atoms with E-state index in [0.717, 1.165) is 12.1 Å². The Bertz CT molecular complexity index is 1280. The van der Waals surface area contributed by atoms with Gasteiger partial charge < -0.3 is 14.6 Å². The normalized spacial score (nSPS) is 11.7. The summed E-state index contributed by atoms with van der Waals surface area (Å²) in [5, 5.41) is 9.97. The Hall–Kier alpha value is -3.47. The lowest BCUT2D eigenvalue weighted by Crippen LogP contribution is -2.10. The minimum Gasteiger partial charge on any atom is -0.481 e. The highest BCUT2D eigenvalue weighted by Crippen LogP contribution is 2.28. The Balaban J connectivity index is 1.87. The number of nitrogens with zero attached hydrogens (tertiary/aromatic N) is 4. The molecule has 0 fully saturated rings. The van der Waals surface area contributed by atoms with E-state index in [1.807, 2.05) is 6.92 Å². The van der Waals surface area contributed by atoms with Crippen LogP contribution in [0.25, 0.3) is 11.0 Å². The molecule has 9 nitrogen and oxygen atoms in total. The van der Waals surface area contributed by atoms with Crippen LogP contribution in [0.3, 0.4) is 0 Å². The molecule has 0 aliphatic carbocycles. The number of H-pyrrole nitrogens is 1. The predicted molar refractivity (Wildman–Crippen MR) is 103 cm³/mol. The molecule has 4 aromatic rings. The number of aromatic amines is 1. The van der Waals surface area contributed by atoms with Crippen LogP contribution in [-0.4, -0.2) is 40.3 Å². The van der Waals surface area contributed by atoms with Crippen molar-refractivity contribution in [2.45, 2.75) is 23.5 Å². The number of anilines is 2. The second-order valence-corrected chi connectivity index (χ2v) is 7.94. The number of ether oxygens (including phenoxy) is 1. The van der Waals surface area contributed by atoms with Gasteiger partial charge >= 0.3 is 0 Å². The van der Waals surface area contributed by atoms with E-state index in [2.05, 4.69) is 25.5 Å². The van der Waals surface area contributed by atoms with Gasteiger partial charge in [-0.3, -0.25) is 0 Å². The third kappa shape index (κ3) is 3.40. The van der Waals surface area contributed by atoms with E-state index < -0.39 is 20.8 Å². The van der Waals surface area contributed by atoms with Crippen LogP contribution in [0.4, 0.5) is 16.0 Å². The molecule has 0 bridgehead atoms. The molecule has 3 heterocycles. The van der Waals surface area contributed by atoms with E-state index in [-0.39, 0.29) is 10.7 Å². The highest BCUT2D eigenvalue weighted by atomic mass is 32.2. The number of fused-ring (bicyclic) bond motifs is 1. The lowest BCUT2D eigenvalue weighted by molar-refractivity contribution is 0.397. The summed E-state index contributed by atoms with van der Waals surface area (Å²) in [6.07, 6.45) is 1.80. The molecule has 3 aromatic heterocycles. The summed E-state index contributed by atoms with van der Waals surface area (Å²) >= 11 is 0. The molecule has 2 N–H and O–H groups in total. The molecule has 0 aliphatic rings. The number of aromatic nitrogens is 5. The van der Waals surface area contributed by atoms with Crippen LogP contribution in [0.2, 0.25) is 0 Å². The van der Waals surface area contributed by atoms with Crippen molar-refractivity contribution in [3.05, 3.63) is 48.4 Å². The van der Waals surface area contributed by atoms with Gasteiger partial charge in [-0.05, 0) is 37.3 Å². The number of nitrogens with one attached hydrogen (secondary N) is 2. The smallest absolute Gasteiger partial charge is 0.256 e. The molecular weight excluding hydrogens is 399 g/mol. The van der Waals surface area contributed by atoms with Gasteiger partial charge in [0, 0.05) is 18.8 Å². The Kier molecular flexibility index (Phi) is 4.66. The van der Waals surface area contributed by atoms with Crippen molar-refractivity contribution < 1.29 is 17.5 Å². The minimum absolute atomic E-state index is 0.0970. The van der Waals surface area contributed by atoms with E-state index >= 15 is 0 Å². The van der Waals surface area contributed by atoms with Gasteiger partial charge in [-0.25, -0.2) is 17.9 Å². The maximum Gasteiger partial charge on any atom is 0.256 e. The van der Waals surface area contributed by atoms with E-state index in [4.69, 9.17) is 4.74 Å². The number of aryl methyl sites for hydroxylation is 1. The first-order chi connectivity index (χ1) is 13.9. The lowest BCUT2D eigenvalue weighted by atomic mass is 10.3. The van der Waals surface area contributed by atoms with E-state index in [1.54, 1.807) is 22.9 Å². The molecule has 0 unspecified atom stereocenters. The van der Waals surface area contributed by atoms with Gasteiger partial charge in [0.25, 0.3) is 5.16 Å². The summed E-state index contributed by atoms with van der Waals surface area (Å²) < 4.78 is 46.2. The van der Waals surface area contributed by atoms with E-state index in [1.165, 1.54) is 19.2 Å². The maximum absolute atomic E-state index is 13.2. The minimum atomic E-state index is -4.06. The second kappa shape index (κ2) is 7.17. The number of methoxy groups -OCH3 is 1. The molecule has 0 atom stereocenters. The van der Waals surface area contributed by atoms with Crippen molar-refractivity contribution in [2.75, 3.05) is 12.4 Å². The van der Waals surface area contributed by atoms with Crippen molar-refractivity contribution in [1.29, 1.82) is 0 Å². The quantitative estimate of drug-likeness (QED) is 0.367. The number of rotatable bonds is 6. The van der Waals surface area contributed by atoms with Gasteiger partial charge in [0.15, 0.2) is 5.82 Å². The first-order valence-corrected chi connectivity index (χ1v) is 10.1. The Labute approximate surface area is 165 Å². The molecule has 0 saturated heterocycles. The Morgan fingerprint density at radius 1 is 1.21 bits per heavy atom. The van der Waals surface area contributed by atoms with Crippen molar-refractivity contribution in [1.82, 2.24) is 24.7 Å². The number of hydrogen-bond acceptors (Lipinski definition) is 7. The summed E-state index contributed by atoms with van der Waals surface area (Å²) in [5.41, 5.74) is 0.452. The number of hydrogen-bond donors (Lipinski definition) is 2.